The second kappa shape index (κ2) is 5.70. The van der Waals surface area contributed by atoms with Crippen molar-refractivity contribution in [2.75, 3.05) is 19.6 Å². The predicted molar refractivity (Wildman–Crippen MR) is 92.2 cm³/mol. The van der Waals surface area contributed by atoms with Gasteiger partial charge in [-0.05, 0) is 42.5 Å². The van der Waals surface area contributed by atoms with Gasteiger partial charge in [0.05, 0.1) is 4.90 Å². The topological polar surface area (TPSA) is 40.6 Å². The second-order valence-corrected chi connectivity index (χ2v) is 9.32. The molecule has 0 N–H and O–H groups in total. The molecule has 0 bridgehead atoms. The van der Waals surface area contributed by atoms with Crippen LogP contribution in [0.2, 0.25) is 0 Å². The Morgan fingerprint density at radius 2 is 1.87 bits per heavy atom. The highest BCUT2D eigenvalue weighted by atomic mass is 32.2. The Morgan fingerprint density at radius 1 is 1.13 bits per heavy atom. The Bertz CT molecular complexity index is 805. The Hall–Kier alpha value is -1.21. The van der Waals surface area contributed by atoms with E-state index in [0.29, 0.717) is 24.0 Å². The summed E-state index contributed by atoms with van der Waals surface area (Å²) in [4.78, 5) is 4.32. The van der Waals surface area contributed by atoms with Crippen molar-refractivity contribution in [2.24, 2.45) is 0 Å². The molecule has 0 aliphatic carbocycles. The van der Waals surface area contributed by atoms with Crippen molar-refractivity contribution < 1.29 is 8.42 Å². The van der Waals surface area contributed by atoms with Gasteiger partial charge < -0.3 is 0 Å². The highest BCUT2D eigenvalue weighted by molar-refractivity contribution is 7.89. The van der Waals surface area contributed by atoms with Gasteiger partial charge in [-0.2, -0.15) is 4.31 Å². The van der Waals surface area contributed by atoms with Crippen LogP contribution < -0.4 is 0 Å². The van der Waals surface area contributed by atoms with Crippen LogP contribution in [0, 0.1) is 6.92 Å². The fourth-order valence-corrected chi connectivity index (χ4v) is 5.69. The Kier molecular flexibility index (Phi) is 3.80. The number of thiophene rings is 1. The average Bonchev–Trinajstić information content (AvgIpc) is 2.93. The van der Waals surface area contributed by atoms with Crippen LogP contribution >= 0.6 is 11.3 Å². The first-order valence-electron chi connectivity index (χ1n) is 7.90. The Balaban J connectivity index is 1.42. The van der Waals surface area contributed by atoms with E-state index >= 15 is 0 Å². The summed E-state index contributed by atoms with van der Waals surface area (Å²) in [5.74, 6) is 0. The summed E-state index contributed by atoms with van der Waals surface area (Å²) in [7, 11) is -3.33. The van der Waals surface area contributed by atoms with Crippen LogP contribution in [0.3, 0.4) is 0 Å². The maximum absolute atomic E-state index is 12.6. The van der Waals surface area contributed by atoms with Crippen molar-refractivity contribution in [3.63, 3.8) is 0 Å². The van der Waals surface area contributed by atoms with Crippen LogP contribution in [0.15, 0.2) is 40.6 Å². The van der Waals surface area contributed by atoms with Gasteiger partial charge >= 0.3 is 0 Å². The number of sulfonamides is 1. The van der Waals surface area contributed by atoms with Crippen molar-refractivity contribution in [3.05, 3.63) is 51.7 Å². The zero-order chi connectivity index (χ0) is 16.0. The molecule has 0 atom stereocenters. The molecule has 1 aromatic carbocycles. The first-order chi connectivity index (χ1) is 11.0. The largest absolute Gasteiger partial charge is 0.293 e. The number of rotatable bonds is 3. The van der Waals surface area contributed by atoms with Crippen molar-refractivity contribution in [2.45, 2.75) is 30.8 Å². The van der Waals surface area contributed by atoms with Crippen LogP contribution in [-0.4, -0.2) is 43.3 Å². The smallest absolute Gasteiger partial charge is 0.243 e. The summed E-state index contributed by atoms with van der Waals surface area (Å²) in [6.45, 7) is 5.18. The normalized spacial score (nSPS) is 20.2. The molecule has 6 heteroatoms. The minimum Gasteiger partial charge on any atom is -0.293 e. The molecule has 2 aliphatic rings. The van der Waals surface area contributed by atoms with Crippen molar-refractivity contribution in [1.29, 1.82) is 0 Å². The lowest BCUT2D eigenvalue weighted by Gasteiger charge is -2.45. The standard InChI is InChI=1S/C17H20N2O2S2/c1-13-2-4-16(5-3-13)23(20,21)19-11-15(12-19)18-8-6-17-14(10-18)7-9-22-17/h2-5,7,9,15H,6,8,10-12H2,1H3. The lowest BCUT2D eigenvalue weighted by molar-refractivity contribution is 0.0775. The van der Waals surface area contributed by atoms with Gasteiger partial charge in [0.1, 0.15) is 0 Å². The molecule has 4 rings (SSSR count). The van der Waals surface area contributed by atoms with E-state index in [-0.39, 0.29) is 0 Å². The van der Waals surface area contributed by atoms with Gasteiger partial charge in [0.25, 0.3) is 0 Å². The zero-order valence-corrected chi connectivity index (χ0v) is 14.7. The van der Waals surface area contributed by atoms with Gasteiger partial charge in [-0.15, -0.1) is 11.3 Å². The SMILES string of the molecule is Cc1ccc(S(=O)(=O)N2CC(N3CCc4sccc4C3)C2)cc1. The third-order valence-electron chi connectivity index (χ3n) is 4.84. The Labute approximate surface area is 141 Å². The molecular formula is C17H20N2O2S2. The molecule has 1 fully saturated rings. The summed E-state index contributed by atoms with van der Waals surface area (Å²) >= 11 is 1.83. The lowest BCUT2D eigenvalue weighted by Crippen LogP contribution is -2.61. The predicted octanol–water partition coefficient (Wildman–Crippen LogP) is 2.49. The minimum absolute atomic E-state index is 0.350. The molecule has 1 aromatic heterocycles. The molecule has 122 valence electrons. The van der Waals surface area contributed by atoms with E-state index in [1.165, 1.54) is 10.4 Å². The van der Waals surface area contributed by atoms with E-state index in [2.05, 4.69) is 16.3 Å². The van der Waals surface area contributed by atoms with E-state index in [9.17, 15) is 8.42 Å². The summed E-state index contributed by atoms with van der Waals surface area (Å²) < 4.78 is 26.8. The van der Waals surface area contributed by atoms with E-state index in [1.807, 2.05) is 30.4 Å². The molecule has 0 amide bonds. The van der Waals surface area contributed by atoms with Crippen LogP contribution in [-0.2, 0) is 23.0 Å². The van der Waals surface area contributed by atoms with Crippen LogP contribution in [0.5, 0.6) is 0 Å². The van der Waals surface area contributed by atoms with E-state index in [0.717, 1.165) is 25.1 Å². The fraction of sp³-hybridized carbons (Fsp3) is 0.412. The molecule has 3 heterocycles. The highest BCUT2D eigenvalue weighted by Crippen LogP contribution is 2.30. The van der Waals surface area contributed by atoms with Crippen LogP contribution in [0.1, 0.15) is 16.0 Å². The van der Waals surface area contributed by atoms with Crippen molar-refractivity contribution in [3.8, 4) is 0 Å². The summed E-state index contributed by atoms with van der Waals surface area (Å²) in [6, 6.07) is 9.67. The van der Waals surface area contributed by atoms with E-state index in [4.69, 9.17) is 0 Å². The van der Waals surface area contributed by atoms with Gasteiger partial charge in [0, 0.05) is 37.1 Å². The Morgan fingerprint density at radius 3 is 2.61 bits per heavy atom. The summed E-state index contributed by atoms with van der Waals surface area (Å²) in [5, 5.41) is 2.16. The maximum atomic E-state index is 12.6. The van der Waals surface area contributed by atoms with Crippen molar-refractivity contribution >= 4 is 21.4 Å². The fourth-order valence-electron chi connectivity index (χ4n) is 3.29. The number of fused-ring (bicyclic) bond motifs is 1. The number of nitrogens with zero attached hydrogens (tertiary/aromatic N) is 2. The highest BCUT2D eigenvalue weighted by Gasteiger charge is 2.40. The van der Waals surface area contributed by atoms with Crippen LogP contribution in [0.4, 0.5) is 0 Å². The maximum Gasteiger partial charge on any atom is 0.243 e. The van der Waals surface area contributed by atoms with Crippen LogP contribution in [0.25, 0.3) is 0 Å². The lowest BCUT2D eigenvalue weighted by atomic mass is 10.0. The first-order valence-corrected chi connectivity index (χ1v) is 10.2. The number of hydrogen-bond donors (Lipinski definition) is 0. The van der Waals surface area contributed by atoms with E-state index < -0.39 is 10.0 Å². The third-order valence-corrected chi connectivity index (χ3v) is 7.71. The van der Waals surface area contributed by atoms with Crippen molar-refractivity contribution in [1.82, 2.24) is 9.21 Å². The monoisotopic (exact) mass is 348 g/mol. The molecule has 23 heavy (non-hydrogen) atoms. The summed E-state index contributed by atoms with van der Waals surface area (Å²) in [6.07, 6.45) is 1.09. The molecule has 2 aromatic rings. The molecule has 0 saturated carbocycles. The number of aryl methyl sites for hydroxylation is 1. The number of benzene rings is 1. The molecule has 0 radical (unpaired) electrons. The molecular weight excluding hydrogens is 328 g/mol. The first kappa shape index (κ1) is 15.3. The minimum atomic E-state index is -3.33. The van der Waals surface area contributed by atoms with Gasteiger partial charge in [0.2, 0.25) is 10.0 Å². The molecule has 0 unspecified atom stereocenters. The van der Waals surface area contributed by atoms with Gasteiger partial charge in [-0.3, -0.25) is 4.90 Å². The van der Waals surface area contributed by atoms with Gasteiger partial charge in [-0.25, -0.2) is 8.42 Å². The second-order valence-electron chi connectivity index (χ2n) is 6.38. The molecule has 1 saturated heterocycles. The van der Waals surface area contributed by atoms with Gasteiger partial charge in [-0.1, -0.05) is 17.7 Å². The van der Waals surface area contributed by atoms with Gasteiger partial charge in [0.15, 0.2) is 0 Å². The molecule has 4 nitrogen and oxygen atoms in total. The van der Waals surface area contributed by atoms with E-state index in [1.54, 1.807) is 16.4 Å². The average molecular weight is 348 g/mol. The quantitative estimate of drug-likeness (QED) is 0.856. The number of hydrogen-bond acceptors (Lipinski definition) is 4. The zero-order valence-electron chi connectivity index (χ0n) is 13.1. The third kappa shape index (κ3) is 2.74. The molecule has 0 spiro atoms. The molecule has 2 aliphatic heterocycles. The summed E-state index contributed by atoms with van der Waals surface area (Å²) in [5.41, 5.74) is 2.49.